The predicted molar refractivity (Wildman–Crippen MR) is 83.3 cm³/mol. The van der Waals surface area contributed by atoms with E-state index in [1.54, 1.807) is 0 Å². The number of nitrogens with two attached hydrogens (primary N) is 1. The smallest absolute Gasteiger partial charge is 0.351 e. The molecule has 0 spiro atoms. The monoisotopic (exact) mass is 353 g/mol. The molecule has 1 aromatic rings. The highest BCUT2D eigenvalue weighted by atomic mass is 16.6. The van der Waals surface area contributed by atoms with Gasteiger partial charge in [0.25, 0.3) is 5.60 Å². The lowest BCUT2D eigenvalue weighted by Crippen LogP contribution is -2.60. The summed E-state index contributed by atoms with van der Waals surface area (Å²) in [6.45, 7) is 3.16. The molecule has 0 unspecified atom stereocenters. The summed E-state index contributed by atoms with van der Waals surface area (Å²) in [4.78, 5) is 51.2. The normalized spacial score (nSPS) is 23.3. The number of Topliss-reactive ketones (excluding diaryl/α,β-unsaturated/α-hetero) is 2. The third kappa shape index (κ3) is 3.30. The minimum absolute atomic E-state index is 0.0121. The van der Waals surface area contributed by atoms with Crippen LogP contribution in [-0.4, -0.2) is 50.0 Å². The number of carbonyl (C=O) groups excluding carboxylic acids is 3. The molecule has 2 rings (SSSR count). The summed E-state index contributed by atoms with van der Waals surface area (Å²) >= 11 is 0. The van der Waals surface area contributed by atoms with Crippen molar-refractivity contribution < 1.29 is 29.0 Å². The lowest BCUT2D eigenvalue weighted by atomic mass is 9.85. The minimum Gasteiger partial charge on any atom is -0.440 e. The van der Waals surface area contributed by atoms with Crippen LogP contribution in [0.25, 0.3) is 0 Å². The first-order chi connectivity index (χ1) is 11.6. The third-order valence-electron chi connectivity index (χ3n) is 4.01. The second kappa shape index (κ2) is 6.73. The number of ether oxygens (including phenoxy) is 2. The van der Waals surface area contributed by atoms with E-state index in [4.69, 9.17) is 15.2 Å². The lowest BCUT2D eigenvalue weighted by Gasteiger charge is -2.34. The van der Waals surface area contributed by atoms with Crippen molar-refractivity contribution in [2.24, 2.45) is 0 Å². The number of aliphatic hydroxyl groups excluding tert-OH is 1. The fourth-order valence-corrected chi connectivity index (χ4v) is 2.91. The largest absolute Gasteiger partial charge is 0.440 e. The van der Waals surface area contributed by atoms with Gasteiger partial charge in [-0.15, -0.1) is 0 Å². The van der Waals surface area contributed by atoms with E-state index in [9.17, 15) is 24.3 Å². The van der Waals surface area contributed by atoms with Crippen molar-refractivity contribution >= 4 is 23.4 Å². The first kappa shape index (κ1) is 18.7. The summed E-state index contributed by atoms with van der Waals surface area (Å²) in [7, 11) is 0. The van der Waals surface area contributed by atoms with Crippen LogP contribution in [0.1, 0.15) is 33.4 Å². The van der Waals surface area contributed by atoms with E-state index in [0.717, 1.165) is 25.3 Å². The number of hydrogen-bond acceptors (Lipinski definition) is 9. The van der Waals surface area contributed by atoms with Crippen LogP contribution in [0.5, 0.6) is 0 Å². The highest BCUT2D eigenvalue weighted by Gasteiger charge is 2.58. The van der Waals surface area contributed by atoms with Crippen molar-refractivity contribution in [1.82, 2.24) is 9.55 Å². The van der Waals surface area contributed by atoms with E-state index < -0.39 is 47.3 Å². The van der Waals surface area contributed by atoms with Gasteiger partial charge >= 0.3 is 11.7 Å². The van der Waals surface area contributed by atoms with Gasteiger partial charge < -0.3 is 20.3 Å². The lowest BCUT2D eigenvalue weighted by molar-refractivity contribution is -0.193. The van der Waals surface area contributed by atoms with Crippen molar-refractivity contribution in [2.45, 2.75) is 51.2 Å². The molecule has 0 bridgehead atoms. The number of aromatic nitrogens is 2. The molecule has 1 aliphatic rings. The number of nitrogens with zero attached hydrogens (tertiary/aromatic N) is 2. The molecular weight excluding hydrogens is 334 g/mol. The summed E-state index contributed by atoms with van der Waals surface area (Å²) < 4.78 is 11.7. The molecule has 1 fully saturated rings. The molecule has 0 aromatic carbocycles. The van der Waals surface area contributed by atoms with Crippen LogP contribution < -0.4 is 11.4 Å². The Hall–Kier alpha value is -2.59. The highest BCUT2D eigenvalue weighted by Crippen LogP contribution is 2.37. The van der Waals surface area contributed by atoms with E-state index in [1.165, 1.54) is 12.3 Å². The average Bonchev–Trinajstić information content (AvgIpc) is 2.85. The van der Waals surface area contributed by atoms with Crippen LogP contribution in [-0.2, 0) is 23.9 Å². The first-order valence-corrected chi connectivity index (χ1v) is 7.49. The van der Waals surface area contributed by atoms with Gasteiger partial charge in [-0.3, -0.25) is 19.0 Å². The van der Waals surface area contributed by atoms with Crippen molar-refractivity contribution in [1.29, 1.82) is 0 Å². The van der Waals surface area contributed by atoms with Crippen LogP contribution >= 0.6 is 0 Å². The third-order valence-corrected chi connectivity index (χ3v) is 4.01. The van der Waals surface area contributed by atoms with E-state index in [0.29, 0.717) is 0 Å². The number of ketones is 2. The fourth-order valence-electron chi connectivity index (χ4n) is 2.91. The number of anilines is 1. The molecule has 10 heteroatoms. The summed E-state index contributed by atoms with van der Waals surface area (Å²) in [6.07, 6.45) is -2.59. The molecule has 25 heavy (non-hydrogen) atoms. The van der Waals surface area contributed by atoms with E-state index in [-0.39, 0.29) is 12.2 Å². The highest BCUT2D eigenvalue weighted by molar-refractivity contribution is 6.10. The summed E-state index contributed by atoms with van der Waals surface area (Å²) in [6, 6.07) is 1.36. The quantitative estimate of drug-likeness (QED) is 0.499. The molecule has 10 nitrogen and oxygen atoms in total. The van der Waals surface area contributed by atoms with Gasteiger partial charge in [-0.25, -0.2) is 4.79 Å². The van der Waals surface area contributed by atoms with Crippen LogP contribution in [0.15, 0.2) is 17.1 Å². The van der Waals surface area contributed by atoms with Gasteiger partial charge in [0.2, 0.25) is 0 Å². The zero-order valence-electron chi connectivity index (χ0n) is 14.0. The predicted octanol–water partition coefficient (Wildman–Crippen LogP) is -1.05. The molecule has 3 N–H and O–H groups in total. The number of aliphatic hydroxyl groups is 1. The van der Waals surface area contributed by atoms with Crippen LogP contribution in [0.4, 0.5) is 5.82 Å². The van der Waals surface area contributed by atoms with Gasteiger partial charge in [-0.2, -0.15) is 4.98 Å². The number of carbonyl (C=O) groups is 3. The van der Waals surface area contributed by atoms with E-state index >= 15 is 0 Å². The van der Waals surface area contributed by atoms with Crippen molar-refractivity contribution in [3.8, 4) is 0 Å². The maximum Gasteiger partial charge on any atom is 0.351 e. The maximum atomic E-state index is 12.1. The van der Waals surface area contributed by atoms with Gasteiger partial charge in [0.05, 0.1) is 6.10 Å². The molecule has 136 valence electrons. The Balaban J connectivity index is 2.43. The SMILES string of the molecule is CC(=O)OC(C(C)=O)(C(C)=O)[C@H]1O[C@@H](n2ccc(N)nc2=O)C[C@@H]1O. The molecule has 1 aliphatic heterocycles. The zero-order valence-corrected chi connectivity index (χ0v) is 14.0. The number of nitrogen functional groups attached to an aromatic ring is 1. The van der Waals surface area contributed by atoms with Crippen molar-refractivity contribution in [2.75, 3.05) is 5.73 Å². The Morgan fingerprint density at radius 1 is 1.36 bits per heavy atom. The molecular formula is C15H19N3O7. The van der Waals surface area contributed by atoms with Crippen molar-refractivity contribution in [3.63, 3.8) is 0 Å². The van der Waals surface area contributed by atoms with E-state index in [2.05, 4.69) is 4.98 Å². The van der Waals surface area contributed by atoms with Crippen LogP contribution in [0.3, 0.4) is 0 Å². The Bertz CT molecular complexity index is 759. The molecule has 3 atom stereocenters. The molecule has 0 aliphatic carbocycles. The number of rotatable bonds is 5. The van der Waals surface area contributed by atoms with Gasteiger partial charge in [0, 0.05) is 19.5 Å². The van der Waals surface area contributed by atoms with Crippen LogP contribution in [0.2, 0.25) is 0 Å². The molecule has 0 radical (unpaired) electrons. The van der Waals surface area contributed by atoms with Gasteiger partial charge in [0.15, 0.2) is 11.6 Å². The minimum atomic E-state index is -2.29. The van der Waals surface area contributed by atoms with Crippen molar-refractivity contribution in [3.05, 3.63) is 22.7 Å². The zero-order chi connectivity index (χ0) is 18.9. The average molecular weight is 353 g/mol. The second-order valence-electron chi connectivity index (χ2n) is 5.80. The number of esters is 1. The number of hydrogen-bond donors (Lipinski definition) is 2. The Morgan fingerprint density at radius 3 is 2.44 bits per heavy atom. The Labute approximate surface area is 142 Å². The molecule has 2 heterocycles. The molecule has 0 amide bonds. The molecule has 1 saturated heterocycles. The summed E-state index contributed by atoms with van der Waals surface area (Å²) in [5.74, 6) is -2.44. The Kier molecular flexibility index (Phi) is 5.04. The summed E-state index contributed by atoms with van der Waals surface area (Å²) in [5, 5.41) is 10.3. The first-order valence-electron chi connectivity index (χ1n) is 7.49. The van der Waals surface area contributed by atoms with Gasteiger partial charge in [-0.05, 0) is 19.9 Å². The second-order valence-corrected chi connectivity index (χ2v) is 5.80. The summed E-state index contributed by atoms with van der Waals surface area (Å²) in [5.41, 5.74) is 2.42. The van der Waals surface area contributed by atoms with E-state index in [1.807, 2.05) is 0 Å². The topological polar surface area (TPSA) is 151 Å². The standard InChI is InChI=1S/C15H19N3O7/c1-7(19)15(8(2)20,25-9(3)21)13-10(22)6-12(24-13)18-5-4-11(16)17-14(18)23/h4-5,10,12-13,22H,6H2,1-3H3,(H2,16,17,23)/t10-,12+,13-/m0/s1. The van der Waals surface area contributed by atoms with Gasteiger partial charge in [-0.1, -0.05) is 0 Å². The maximum absolute atomic E-state index is 12.1. The van der Waals surface area contributed by atoms with Gasteiger partial charge in [0.1, 0.15) is 18.1 Å². The fraction of sp³-hybridized carbons (Fsp3) is 0.533. The molecule has 1 aromatic heterocycles. The molecule has 0 saturated carbocycles. The van der Waals surface area contributed by atoms with Crippen LogP contribution in [0, 0.1) is 0 Å². The Morgan fingerprint density at radius 2 is 1.96 bits per heavy atom.